The predicted molar refractivity (Wildman–Crippen MR) is 124 cm³/mol. The van der Waals surface area contributed by atoms with E-state index in [0.29, 0.717) is 30.8 Å². The fourth-order valence-electron chi connectivity index (χ4n) is 3.96. The molecule has 3 rings (SSSR count). The van der Waals surface area contributed by atoms with Crippen molar-refractivity contribution in [1.82, 2.24) is 9.62 Å². The van der Waals surface area contributed by atoms with Gasteiger partial charge < -0.3 is 5.32 Å². The minimum atomic E-state index is -3.42. The van der Waals surface area contributed by atoms with Crippen LogP contribution in [0.2, 0.25) is 0 Å². The first-order valence-electron chi connectivity index (χ1n) is 11.4. The van der Waals surface area contributed by atoms with Gasteiger partial charge in [-0.15, -0.1) is 0 Å². The third-order valence-corrected chi connectivity index (χ3v) is 7.80. The number of benzene rings is 2. The highest BCUT2D eigenvalue weighted by molar-refractivity contribution is 7.89. The monoisotopic (exact) mass is 442 g/mol. The van der Waals surface area contributed by atoms with Gasteiger partial charge in [-0.2, -0.15) is 4.31 Å². The van der Waals surface area contributed by atoms with Crippen molar-refractivity contribution in [2.45, 2.75) is 69.2 Å². The van der Waals surface area contributed by atoms with Gasteiger partial charge in [-0.25, -0.2) is 8.42 Å². The van der Waals surface area contributed by atoms with Crippen LogP contribution in [-0.4, -0.2) is 37.8 Å². The fourth-order valence-corrected chi connectivity index (χ4v) is 5.48. The van der Waals surface area contributed by atoms with Crippen LogP contribution in [0.1, 0.15) is 56.6 Å². The van der Waals surface area contributed by atoms with E-state index in [0.717, 1.165) is 44.1 Å². The van der Waals surface area contributed by atoms with Gasteiger partial charge in [0.05, 0.1) is 4.90 Å². The molecule has 0 spiro atoms. The summed E-state index contributed by atoms with van der Waals surface area (Å²) in [4.78, 5) is 12.6. The molecule has 0 bridgehead atoms. The topological polar surface area (TPSA) is 66.5 Å². The molecule has 1 aliphatic heterocycles. The molecule has 0 saturated carbocycles. The third kappa shape index (κ3) is 7.18. The number of hydrogen-bond donors (Lipinski definition) is 1. The number of amides is 1. The van der Waals surface area contributed by atoms with E-state index < -0.39 is 10.0 Å². The number of carbonyl (C=O) groups excluding carboxylic acids is 1. The van der Waals surface area contributed by atoms with Crippen molar-refractivity contribution in [1.29, 1.82) is 0 Å². The summed E-state index contributed by atoms with van der Waals surface area (Å²) < 4.78 is 27.3. The molecule has 2 aromatic rings. The molecule has 1 amide bonds. The van der Waals surface area contributed by atoms with Crippen LogP contribution in [0, 0.1) is 0 Å². The largest absolute Gasteiger partial charge is 0.354 e. The SMILES string of the molecule is CC(CCc1ccccc1)NC(=O)CCc1ccc(S(=O)(=O)N2CCCCCC2)cc1. The Kier molecular flexibility index (Phi) is 8.67. The van der Waals surface area contributed by atoms with Crippen LogP contribution >= 0.6 is 0 Å². The van der Waals surface area contributed by atoms with E-state index in [9.17, 15) is 13.2 Å². The third-order valence-electron chi connectivity index (χ3n) is 5.88. The zero-order valence-corrected chi connectivity index (χ0v) is 19.2. The van der Waals surface area contributed by atoms with Crippen molar-refractivity contribution in [3.8, 4) is 0 Å². The van der Waals surface area contributed by atoms with Crippen LogP contribution in [0.25, 0.3) is 0 Å². The maximum absolute atomic E-state index is 12.9. The summed E-state index contributed by atoms with van der Waals surface area (Å²) in [6.45, 7) is 3.24. The van der Waals surface area contributed by atoms with Gasteiger partial charge in [0, 0.05) is 25.6 Å². The molecule has 0 aromatic heterocycles. The number of rotatable bonds is 9. The lowest BCUT2D eigenvalue weighted by Gasteiger charge is -2.20. The molecule has 1 saturated heterocycles. The lowest BCUT2D eigenvalue weighted by molar-refractivity contribution is -0.121. The zero-order valence-electron chi connectivity index (χ0n) is 18.4. The molecule has 1 N–H and O–H groups in total. The van der Waals surface area contributed by atoms with Crippen molar-refractivity contribution in [3.05, 3.63) is 65.7 Å². The van der Waals surface area contributed by atoms with Crippen LogP contribution in [0.4, 0.5) is 0 Å². The quantitative estimate of drug-likeness (QED) is 0.629. The van der Waals surface area contributed by atoms with E-state index in [-0.39, 0.29) is 11.9 Å². The number of nitrogens with one attached hydrogen (secondary N) is 1. The lowest BCUT2D eigenvalue weighted by Crippen LogP contribution is -2.33. The van der Waals surface area contributed by atoms with Crippen LogP contribution in [-0.2, 0) is 27.7 Å². The summed E-state index contributed by atoms with van der Waals surface area (Å²) in [5.74, 6) is 0.0295. The maximum atomic E-state index is 12.9. The van der Waals surface area contributed by atoms with Gasteiger partial charge in [0.2, 0.25) is 15.9 Å². The Morgan fingerprint density at radius 3 is 2.16 bits per heavy atom. The molecule has 1 atom stereocenters. The second kappa shape index (κ2) is 11.4. The number of sulfonamides is 1. The number of hydrogen-bond acceptors (Lipinski definition) is 3. The molecule has 0 radical (unpaired) electrons. The second-order valence-corrected chi connectivity index (χ2v) is 10.4. The molecule has 0 aliphatic carbocycles. The fraction of sp³-hybridized carbons (Fsp3) is 0.480. The number of nitrogens with zero attached hydrogens (tertiary/aromatic N) is 1. The molecule has 1 unspecified atom stereocenters. The zero-order chi connectivity index (χ0) is 22.1. The number of carbonyl (C=O) groups is 1. The Morgan fingerprint density at radius 1 is 0.903 bits per heavy atom. The average Bonchev–Trinajstić information content (AvgIpc) is 3.08. The van der Waals surface area contributed by atoms with Crippen LogP contribution in [0.5, 0.6) is 0 Å². The minimum absolute atomic E-state index is 0.0295. The second-order valence-electron chi connectivity index (χ2n) is 8.46. The highest BCUT2D eigenvalue weighted by atomic mass is 32.2. The van der Waals surface area contributed by atoms with E-state index >= 15 is 0 Å². The Morgan fingerprint density at radius 2 is 1.52 bits per heavy atom. The van der Waals surface area contributed by atoms with Gasteiger partial charge in [-0.05, 0) is 62.3 Å². The normalized spacial score (nSPS) is 16.4. The van der Waals surface area contributed by atoms with E-state index in [1.54, 1.807) is 16.4 Å². The Labute approximate surface area is 186 Å². The first-order chi connectivity index (χ1) is 14.9. The van der Waals surface area contributed by atoms with Crippen molar-refractivity contribution < 1.29 is 13.2 Å². The van der Waals surface area contributed by atoms with E-state index in [2.05, 4.69) is 17.4 Å². The van der Waals surface area contributed by atoms with E-state index in [4.69, 9.17) is 0 Å². The van der Waals surface area contributed by atoms with Gasteiger partial charge >= 0.3 is 0 Å². The summed E-state index contributed by atoms with van der Waals surface area (Å²) in [5, 5.41) is 3.06. The molecule has 168 valence electrons. The van der Waals surface area contributed by atoms with Gasteiger partial charge in [0.15, 0.2) is 0 Å². The van der Waals surface area contributed by atoms with Gasteiger partial charge in [0.25, 0.3) is 0 Å². The summed E-state index contributed by atoms with van der Waals surface area (Å²) in [6.07, 6.45) is 6.88. The van der Waals surface area contributed by atoms with Crippen LogP contribution in [0.15, 0.2) is 59.5 Å². The Hall–Kier alpha value is -2.18. The smallest absolute Gasteiger partial charge is 0.243 e. The Bertz CT molecular complexity index is 919. The molecule has 1 aliphatic rings. The Balaban J connectivity index is 1.45. The highest BCUT2D eigenvalue weighted by Crippen LogP contribution is 2.21. The summed E-state index contributed by atoms with van der Waals surface area (Å²) in [7, 11) is -3.42. The van der Waals surface area contributed by atoms with Gasteiger partial charge in [-0.3, -0.25) is 4.79 Å². The van der Waals surface area contributed by atoms with Crippen molar-refractivity contribution in [2.24, 2.45) is 0 Å². The first kappa shape index (κ1) is 23.5. The lowest BCUT2D eigenvalue weighted by atomic mass is 10.1. The van der Waals surface area contributed by atoms with Crippen molar-refractivity contribution in [3.63, 3.8) is 0 Å². The molecule has 31 heavy (non-hydrogen) atoms. The first-order valence-corrected chi connectivity index (χ1v) is 12.8. The minimum Gasteiger partial charge on any atom is -0.354 e. The van der Waals surface area contributed by atoms with Crippen LogP contribution in [0.3, 0.4) is 0 Å². The predicted octanol–water partition coefficient (Wildman–Crippen LogP) is 4.32. The molecule has 5 nitrogen and oxygen atoms in total. The van der Waals surface area contributed by atoms with Crippen molar-refractivity contribution in [2.75, 3.05) is 13.1 Å². The summed E-state index contributed by atoms with van der Waals surface area (Å²) >= 11 is 0. The van der Waals surface area contributed by atoms with Gasteiger partial charge in [0.1, 0.15) is 0 Å². The molecule has 1 heterocycles. The maximum Gasteiger partial charge on any atom is 0.243 e. The van der Waals surface area contributed by atoms with Crippen molar-refractivity contribution >= 4 is 15.9 Å². The number of aryl methyl sites for hydroxylation is 2. The molecule has 1 fully saturated rings. The van der Waals surface area contributed by atoms with Crippen LogP contribution < -0.4 is 5.32 Å². The van der Waals surface area contributed by atoms with Gasteiger partial charge in [-0.1, -0.05) is 55.3 Å². The standard InChI is InChI=1S/C25H34N2O3S/c1-21(11-12-22-9-5-4-6-10-22)26-25(28)18-15-23-13-16-24(17-14-23)31(29,30)27-19-7-2-3-8-20-27/h4-6,9-10,13-14,16-17,21H,2-3,7-8,11-12,15,18-20H2,1H3,(H,26,28). The molecule has 6 heteroatoms. The highest BCUT2D eigenvalue weighted by Gasteiger charge is 2.24. The summed E-state index contributed by atoms with van der Waals surface area (Å²) in [6, 6.07) is 17.4. The summed E-state index contributed by atoms with van der Waals surface area (Å²) in [5.41, 5.74) is 2.25. The molecular weight excluding hydrogens is 408 g/mol. The average molecular weight is 443 g/mol. The molecular formula is C25H34N2O3S. The van der Waals surface area contributed by atoms with E-state index in [1.165, 1.54) is 5.56 Å². The van der Waals surface area contributed by atoms with E-state index in [1.807, 2.05) is 37.3 Å². The molecule has 2 aromatic carbocycles.